The van der Waals surface area contributed by atoms with E-state index in [0.717, 1.165) is 33.8 Å². The van der Waals surface area contributed by atoms with Gasteiger partial charge in [-0.05, 0) is 24.3 Å². The molecule has 1 aromatic carbocycles. The van der Waals surface area contributed by atoms with Crippen molar-refractivity contribution in [3.8, 4) is 0 Å². The van der Waals surface area contributed by atoms with Gasteiger partial charge in [-0.3, -0.25) is 14.9 Å². The second kappa shape index (κ2) is 7.44. The molecule has 2 rings (SSSR count). The highest BCUT2D eigenvalue weighted by Gasteiger charge is 2.25. The number of amides is 1. The lowest BCUT2D eigenvalue weighted by Crippen LogP contribution is -2.34. The van der Waals surface area contributed by atoms with Crippen LogP contribution in [0, 0.1) is 15.9 Å². The highest BCUT2D eigenvalue weighted by atomic mass is 35.5. The van der Waals surface area contributed by atoms with Crippen LogP contribution >= 0.6 is 22.9 Å². The third-order valence-corrected chi connectivity index (χ3v) is 6.51. The number of carbonyl (C=O) groups excluding carboxylic acids is 1. The van der Waals surface area contributed by atoms with Crippen molar-refractivity contribution in [2.75, 3.05) is 18.9 Å². The molecule has 0 saturated carbocycles. The molecule has 8 nitrogen and oxygen atoms in total. The highest BCUT2D eigenvalue weighted by Crippen LogP contribution is 2.27. The maximum absolute atomic E-state index is 13.3. The molecule has 25 heavy (non-hydrogen) atoms. The van der Waals surface area contributed by atoms with Crippen LogP contribution in [0.1, 0.15) is 0 Å². The molecule has 0 bridgehead atoms. The highest BCUT2D eigenvalue weighted by molar-refractivity contribution is 7.91. The number of hydrogen-bond acceptors (Lipinski definition) is 6. The van der Waals surface area contributed by atoms with Crippen LogP contribution in [0.5, 0.6) is 0 Å². The minimum atomic E-state index is -3.90. The average Bonchev–Trinajstić information content (AvgIpc) is 2.96. The monoisotopic (exact) mass is 407 g/mol. The maximum atomic E-state index is 13.3. The van der Waals surface area contributed by atoms with Gasteiger partial charge in [-0.25, -0.2) is 8.42 Å². The zero-order chi connectivity index (χ0) is 18.8. The molecule has 1 heterocycles. The number of nitrogens with one attached hydrogen (secondary N) is 1. The van der Waals surface area contributed by atoms with Crippen LogP contribution in [0.3, 0.4) is 0 Å². The molecule has 1 N–H and O–H groups in total. The molecular formula is C13H11ClFN3O5S2. The molecule has 2 aromatic rings. The third kappa shape index (κ3) is 4.51. The zero-order valence-electron chi connectivity index (χ0n) is 12.6. The van der Waals surface area contributed by atoms with Crippen LogP contribution in [-0.4, -0.2) is 37.1 Å². The van der Waals surface area contributed by atoms with Gasteiger partial charge in [0.25, 0.3) is 10.0 Å². The number of sulfonamides is 1. The Hall–Kier alpha value is -2.08. The lowest BCUT2D eigenvalue weighted by Gasteiger charge is -2.15. The largest absolute Gasteiger partial charge is 0.325 e. The second-order valence-electron chi connectivity index (χ2n) is 4.79. The molecule has 0 radical (unpaired) electrons. The minimum absolute atomic E-state index is 0.0229. The number of anilines is 1. The second-order valence-corrected chi connectivity index (χ2v) is 8.78. The molecule has 0 atom stereocenters. The third-order valence-electron chi connectivity index (χ3n) is 3.01. The molecule has 1 aromatic heterocycles. The van der Waals surface area contributed by atoms with Crippen molar-refractivity contribution >= 4 is 50.2 Å². The number of thiophene rings is 1. The van der Waals surface area contributed by atoms with Crippen LogP contribution in [0.15, 0.2) is 34.5 Å². The first-order valence-electron chi connectivity index (χ1n) is 6.56. The lowest BCUT2D eigenvalue weighted by atomic mass is 10.2. The Balaban J connectivity index is 2.10. The summed E-state index contributed by atoms with van der Waals surface area (Å²) in [7, 11) is -2.69. The van der Waals surface area contributed by atoms with Gasteiger partial charge in [0.15, 0.2) is 0 Å². The number of halogens is 2. The van der Waals surface area contributed by atoms with Gasteiger partial charge >= 0.3 is 5.69 Å². The summed E-state index contributed by atoms with van der Waals surface area (Å²) in [5.41, 5.74) is -0.824. The van der Waals surface area contributed by atoms with Crippen molar-refractivity contribution in [3.63, 3.8) is 0 Å². The molecule has 0 aliphatic rings. The molecule has 0 spiro atoms. The molecule has 0 fully saturated rings. The summed E-state index contributed by atoms with van der Waals surface area (Å²) in [6.07, 6.45) is 0. The van der Waals surface area contributed by atoms with E-state index in [0.29, 0.717) is 0 Å². The fourth-order valence-corrected chi connectivity index (χ4v) is 4.63. The van der Waals surface area contributed by atoms with Crippen molar-refractivity contribution in [3.05, 3.63) is 50.6 Å². The number of benzene rings is 1. The van der Waals surface area contributed by atoms with Crippen molar-refractivity contribution in [2.24, 2.45) is 0 Å². The van der Waals surface area contributed by atoms with E-state index in [1.165, 1.54) is 19.2 Å². The van der Waals surface area contributed by atoms with Gasteiger partial charge in [0, 0.05) is 18.8 Å². The quantitative estimate of drug-likeness (QED) is 0.584. The number of hydrogen-bond donors (Lipinski definition) is 1. The fourth-order valence-electron chi connectivity index (χ4n) is 1.81. The van der Waals surface area contributed by atoms with Gasteiger partial charge in [-0.15, -0.1) is 11.3 Å². The van der Waals surface area contributed by atoms with Gasteiger partial charge in [0.05, 0.1) is 15.8 Å². The molecule has 0 aliphatic carbocycles. The molecule has 0 saturated heterocycles. The minimum Gasteiger partial charge on any atom is -0.325 e. The Labute approximate surface area is 151 Å². The van der Waals surface area contributed by atoms with E-state index in [-0.39, 0.29) is 14.2 Å². The molecule has 0 unspecified atom stereocenters. The first-order chi connectivity index (χ1) is 11.6. The molecule has 12 heteroatoms. The maximum Gasteiger partial charge on any atom is 0.306 e. The number of carbonyl (C=O) groups is 1. The Morgan fingerprint density at radius 2 is 2.08 bits per heavy atom. The van der Waals surface area contributed by atoms with Crippen molar-refractivity contribution in [1.29, 1.82) is 0 Å². The van der Waals surface area contributed by atoms with E-state index < -0.39 is 38.9 Å². The predicted molar refractivity (Wildman–Crippen MR) is 90.8 cm³/mol. The Morgan fingerprint density at radius 3 is 2.64 bits per heavy atom. The van der Waals surface area contributed by atoms with Crippen LogP contribution < -0.4 is 5.32 Å². The van der Waals surface area contributed by atoms with Crippen LogP contribution in [0.25, 0.3) is 0 Å². The fraction of sp³-hybridized carbons (Fsp3) is 0.154. The van der Waals surface area contributed by atoms with Gasteiger partial charge in [-0.1, -0.05) is 11.6 Å². The number of likely N-dealkylation sites (N-methyl/N-ethyl adjacent to an activating group) is 1. The summed E-state index contributed by atoms with van der Waals surface area (Å²) < 4.78 is 38.9. The van der Waals surface area contributed by atoms with Crippen molar-refractivity contribution in [2.45, 2.75) is 4.21 Å². The first kappa shape index (κ1) is 19.2. The normalized spacial score (nSPS) is 11.5. The van der Waals surface area contributed by atoms with Crippen molar-refractivity contribution < 1.29 is 22.5 Å². The summed E-state index contributed by atoms with van der Waals surface area (Å²) in [5.74, 6) is -1.79. The van der Waals surface area contributed by atoms with E-state index >= 15 is 0 Å². The molecule has 134 valence electrons. The Morgan fingerprint density at radius 1 is 1.40 bits per heavy atom. The Bertz CT molecular complexity index is 931. The number of nitro benzene ring substituents is 1. The van der Waals surface area contributed by atoms with E-state index in [4.69, 9.17) is 11.6 Å². The van der Waals surface area contributed by atoms with Crippen LogP contribution in [-0.2, 0) is 14.8 Å². The average molecular weight is 408 g/mol. The van der Waals surface area contributed by atoms with Crippen LogP contribution in [0.2, 0.25) is 4.34 Å². The Kier molecular flexibility index (Phi) is 5.72. The summed E-state index contributed by atoms with van der Waals surface area (Å²) in [6, 6.07) is 5.56. The molecule has 0 aliphatic heterocycles. The summed E-state index contributed by atoms with van der Waals surface area (Å²) in [4.78, 5) is 21.7. The van der Waals surface area contributed by atoms with Crippen LogP contribution in [0.4, 0.5) is 15.8 Å². The predicted octanol–water partition coefficient (Wildman–Crippen LogP) is 2.71. The van der Waals surface area contributed by atoms with Crippen molar-refractivity contribution in [1.82, 2.24) is 4.31 Å². The van der Waals surface area contributed by atoms with Gasteiger partial charge in [0.2, 0.25) is 11.7 Å². The standard InChI is InChI=1S/C13H11ClFN3O5S2/c1-17(25(22,23)13-5-4-11(14)24-13)7-12(19)16-8-2-3-9(15)10(6-8)18(20)21/h2-6H,7H2,1H3,(H,16,19). The summed E-state index contributed by atoms with van der Waals surface area (Å²) >= 11 is 6.56. The summed E-state index contributed by atoms with van der Waals surface area (Å²) in [5, 5.41) is 13.0. The lowest BCUT2D eigenvalue weighted by molar-refractivity contribution is -0.387. The number of nitrogens with zero attached hydrogens (tertiary/aromatic N) is 2. The molecular weight excluding hydrogens is 397 g/mol. The van der Waals surface area contributed by atoms with Gasteiger partial charge < -0.3 is 5.32 Å². The van der Waals surface area contributed by atoms with E-state index in [9.17, 15) is 27.7 Å². The number of rotatable bonds is 6. The van der Waals surface area contributed by atoms with Gasteiger partial charge in [0.1, 0.15) is 4.21 Å². The first-order valence-corrected chi connectivity index (χ1v) is 9.20. The van der Waals surface area contributed by atoms with E-state index in [1.807, 2.05) is 0 Å². The topological polar surface area (TPSA) is 110 Å². The summed E-state index contributed by atoms with van der Waals surface area (Å²) in [6.45, 7) is -0.539. The van der Waals surface area contributed by atoms with E-state index in [1.54, 1.807) is 0 Å². The number of nitro groups is 1. The van der Waals surface area contributed by atoms with Gasteiger partial charge in [-0.2, -0.15) is 8.70 Å². The zero-order valence-corrected chi connectivity index (χ0v) is 15.0. The molecule has 1 amide bonds. The SMILES string of the molecule is CN(CC(=O)Nc1ccc(F)c([N+](=O)[O-])c1)S(=O)(=O)c1ccc(Cl)s1. The van der Waals surface area contributed by atoms with E-state index in [2.05, 4.69) is 5.32 Å². The smallest absolute Gasteiger partial charge is 0.306 e.